The highest BCUT2D eigenvalue weighted by molar-refractivity contribution is 5.95. The lowest BCUT2D eigenvalue weighted by molar-refractivity contribution is 0.836. The molecular weight excluding hydrogens is 280 g/mol. The molecule has 2 nitrogen and oxygen atoms in total. The third-order valence-electron chi connectivity index (χ3n) is 4.74. The van der Waals surface area contributed by atoms with Crippen LogP contribution in [0.4, 0.5) is 11.4 Å². The van der Waals surface area contributed by atoms with Crippen molar-refractivity contribution < 1.29 is 0 Å². The molecule has 23 heavy (non-hydrogen) atoms. The van der Waals surface area contributed by atoms with Gasteiger partial charge in [-0.1, -0.05) is 42.5 Å². The fourth-order valence-electron chi connectivity index (χ4n) is 3.60. The van der Waals surface area contributed by atoms with Gasteiger partial charge in [0.15, 0.2) is 0 Å². The highest BCUT2D eigenvalue weighted by Crippen LogP contribution is 2.32. The van der Waals surface area contributed by atoms with Crippen LogP contribution in [-0.2, 0) is 13.0 Å². The highest BCUT2D eigenvalue weighted by Gasteiger charge is 2.18. The van der Waals surface area contributed by atoms with Crippen LogP contribution in [0.1, 0.15) is 11.1 Å². The van der Waals surface area contributed by atoms with Crippen LogP contribution in [0.15, 0.2) is 60.7 Å². The Morgan fingerprint density at radius 3 is 2.61 bits per heavy atom. The van der Waals surface area contributed by atoms with E-state index in [-0.39, 0.29) is 0 Å². The van der Waals surface area contributed by atoms with E-state index < -0.39 is 0 Å². The summed E-state index contributed by atoms with van der Waals surface area (Å²) in [5.74, 6) is 0. The molecule has 4 rings (SSSR count). The van der Waals surface area contributed by atoms with Crippen molar-refractivity contribution in [2.45, 2.75) is 13.0 Å². The van der Waals surface area contributed by atoms with Gasteiger partial charge in [0.05, 0.1) is 0 Å². The standard InChI is InChI=1S/C21H22N2/c1-22(2)21-14-16(13-18-8-3-5-9-19(18)21)15-23-12-11-17-7-4-6-10-20(17)23/h3-10,13-14H,11-12,15H2,1-2H3. The summed E-state index contributed by atoms with van der Waals surface area (Å²) in [5, 5.41) is 2.64. The van der Waals surface area contributed by atoms with Crippen molar-refractivity contribution in [1.82, 2.24) is 0 Å². The van der Waals surface area contributed by atoms with Gasteiger partial charge in [-0.3, -0.25) is 0 Å². The number of hydrogen-bond donors (Lipinski definition) is 0. The van der Waals surface area contributed by atoms with Crippen LogP contribution in [0.25, 0.3) is 10.8 Å². The van der Waals surface area contributed by atoms with Crippen LogP contribution in [-0.4, -0.2) is 20.6 Å². The summed E-state index contributed by atoms with van der Waals surface area (Å²) in [4.78, 5) is 4.71. The zero-order valence-electron chi connectivity index (χ0n) is 13.8. The molecule has 0 aliphatic carbocycles. The molecule has 0 aromatic heterocycles. The summed E-state index contributed by atoms with van der Waals surface area (Å²) < 4.78 is 0. The van der Waals surface area contributed by atoms with Crippen LogP contribution >= 0.6 is 0 Å². The SMILES string of the molecule is CN(C)c1cc(CN2CCc3ccccc32)cc2ccccc12. The average Bonchev–Trinajstić information content (AvgIpc) is 2.97. The number of para-hydroxylation sites is 1. The first-order chi connectivity index (χ1) is 11.2. The van der Waals surface area contributed by atoms with E-state index in [0.29, 0.717) is 0 Å². The second-order valence-corrected chi connectivity index (χ2v) is 6.53. The summed E-state index contributed by atoms with van der Waals surface area (Å²) in [5.41, 5.74) is 5.54. The van der Waals surface area contributed by atoms with E-state index in [1.807, 2.05) is 0 Å². The second kappa shape index (κ2) is 5.62. The van der Waals surface area contributed by atoms with Crippen molar-refractivity contribution in [2.75, 3.05) is 30.4 Å². The molecule has 3 aromatic carbocycles. The molecule has 0 radical (unpaired) electrons. The van der Waals surface area contributed by atoms with Gasteiger partial charge in [0.2, 0.25) is 0 Å². The molecule has 0 unspecified atom stereocenters. The Kier molecular flexibility index (Phi) is 3.45. The average molecular weight is 302 g/mol. The zero-order chi connectivity index (χ0) is 15.8. The Hall–Kier alpha value is -2.48. The van der Waals surface area contributed by atoms with Gasteiger partial charge in [0.25, 0.3) is 0 Å². The molecule has 0 fully saturated rings. The van der Waals surface area contributed by atoms with Crippen molar-refractivity contribution in [1.29, 1.82) is 0 Å². The van der Waals surface area contributed by atoms with Crippen molar-refractivity contribution in [2.24, 2.45) is 0 Å². The van der Waals surface area contributed by atoms with E-state index in [4.69, 9.17) is 0 Å². The number of benzene rings is 3. The summed E-state index contributed by atoms with van der Waals surface area (Å²) in [6.45, 7) is 2.09. The molecule has 2 heteroatoms. The lowest BCUT2D eigenvalue weighted by Gasteiger charge is -2.22. The van der Waals surface area contributed by atoms with E-state index in [9.17, 15) is 0 Å². The summed E-state index contributed by atoms with van der Waals surface area (Å²) in [6, 6.07) is 22.1. The molecule has 0 bridgehead atoms. The molecule has 0 saturated carbocycles. The molecule has 1 heterocycles. The first-order valence-corrected chi connectivity index (χ1v) is 8.24. The number of hydrogen-bond acceptors (Lipinski definition) is 2. The Balaban J connectivity index is 1.73. The van der Waals surface area contributed by atoms with Gasteiger partial charge in [-0.25, -0.2) is 0 Å². The minimum Gasteiger partial charge on any atom is -0.377 e. The molecule has 0 amide bonds. The van der Waals surface area contributed by atoms with Crippen molar-refractivity contribution in [3.05, 3.63) is 71.8 Å². The van der Waals surface area contributed by atoms with Gasteiger partial charge in [-0.15, -0.1) is 0 Å². The van der Waals surface area contributed by atoms with Gasteiger partial charge in [-0.05, 0) is 41.1 Å². The van der Waals surface area contributed by atoms with Gasteiger partial charge in [0.1, 0.15) is 0 Å². The van der Waals surface area contributed by atoms with Gasteiger partial charge >= 0.3 is 0 Å². The molecule has 1 aliphatic rings. The van der Waals surface area contributed by atoms with Crippen LogP contribution < -0.4 is 9.80 Å². The Morgan fingerprint density at radius 2 is 1.74 bits per heavy atom. The van der Waals surface area contributed by atoms with E-state index in [1.54, 1.807) is 0 Å². The second-order valence-electron chi connectivity index (χ2n) is 6.53. The summed E-state index contributed by atoms with van der Waals surface area (Å²) in [6.07, 6.45) is 1.16. The Labute approximate surface area is 138 Å². The van der Waals surface area contributed by atoms with Gasteiger partial charge < -0.3 is 9.80 Å². The lowest BCUT2D eigenvalue weighted by Crippen LogP contribution is -2.20. The van der Waals surface area contributed by atoms with Crippen molar-refractivity contribution in [3.63, 3.8) is 0 Å². The number of rotatable bonds is 3. The molecule has 1 aliphatic heterocycles. The predicted octanol–water partition coefficient (Wildman–Crippen LogP) is 4.47. The van der Waals surface area contributed by atoms with Gasteiger partial charge in [0, 0.05) is 43.9 Å². The zero-order valence-corrected chi connectivity index (χ0v) is 13.8. The smallest absolute Gasteiger partial charge is 0.0444 e. The summed E-state index contributed by atoms with van der Waals surface area (Å²) >= 11 is 0. The quantitative estimate of drug-likeness (QED) is 0.704. The number of anilines is 2. The van der Waals surface area contributed by atoms with Crippen LogP contribution in [0, 0.1) is 0 Å². The monoisotopic (exact) mass is 302 g/mol. The topological polar surface area (TPSA) is 6.48 Å². The maximum atomic E-state index is 2.50. The minimum absolute atomic E-state index is 0.975. The third kappa shape index (κ3) is 2.55. The van der Waals surface area contributed by atoms with Crippen LogP contribution in [0.3, 0.4) is 0 Å². The third-order valence-corrected chi connectivity index (χ3v) is 4.74. The van der Waals surface area contributed by atoms with E-state index >= 15 is 0 Å². The van der Waals surface area contributed by atoms with Gasteiger partial charge in [-0.2, -0.15) is 0 Å². The largest absolute Gasteiger partial charge is 0.377 e. The molecular formula is C21H22N2. The van der Waals surface area contributed by atoms with E-state index in [0.717, 1.165) is 19.5 Å². The maximum Gasteiger partial charge on any atom is 0.0444 e. The first kappa shape index (κ1) is 14.1. The lowest BCUT2D eigenvalue weighted by atomic mass is 10.0. The molecule has 0 atom stereocenters. The van der Waals surface area contributed by atoms with Crippen molar-refractivity contribution >= 4 is 22.1 Å². The molecule has 3 aromatic rings. The Bertz CT molecular complexity index is 851. The highest BCUT2D eigenvalue weighted by atomic mass is 15.1. The number of fused-ring (bicyclic) bond motifs is 2. The maximum absolute atomic E-state index is 2.50. The fourth-order valence-corrected chi connectivity index (χ4v) is 3.60. The minimum atomic E-state index is 0.975. The fraction of sp³-hybridized carbons (Fsp3) is 0.238. The molecule has 116 valence electrons. The normalized spacial score (nSPS) is 13.4. The molecule has 0 spiro atoms. The van der Waals surface area contributed by atoms with E-state index in [1.165, 1.54) is 33.3 Å². The predicted molar refractivity (Wildman–Crippen MR) is 99.5 cm³/mol. The van der Waals surface area contributed by atoms with Crippen LogP contribution in [0.2, 0.25) is 0 Å². The van der Waals surface area contributed by atoms with Crippen LogP contribution in [0.5, 0.6) is 0 Å². The van der Waals surface area contributed by atoms with E-state index in [2.05, 4.69) is 84.6 Å². The number of nitrogens with zero attached hydrogens (tertiary/aromatic N) is 2. The molecule has 0 saturated heterocycles. The van der Waals surface area contributed by atoms with Crippen molar-refractivity contribution in [3.8, 4) is 0 Å². The molecule has 0 N–H and O–H groups in total. The Morgan fingerprint density at radius 1 is 0.957 bits per heavy atom. The summed E-state index contributed by atoms with van der Waals surface area (Å²) in [7, 11) is 4.24. The first-order valence-electron chi connectivity index (χ1n) is 8.24.